The van der Waals surface area contributed by atoms with E-state index >= 15 is 0 Å². The van der Waals surface area contributed by atoms with Gasteiger partial charge in [0, 0.05) is 37.2 Å². The summed E-state index contributed by atoms with van der Waals surface area (Å²) in [6.07, 6.45) is 0.800. The molecule has 0 fully saturated rings. The number of ether oxygens (including phenoxy) is 1. The Morgan fingerprint density at radius 2 is 1.89 bits per heavy atom. The highest BCUT2D eigenvalue weighted by molar-refractivity contribution is 7.90. The monoisotopic (exact) mass is 390 g/mol. The molecule has 1 aromatic heterocycles. The van der Waals surface area contributed by atoms with E-state index in [2.05, 4.69) is 0 Å². The maximum atomic E-state index is 12.8. The molecule has 3 rings (SSSR count). The fraction of sp³-hybridized carbons (Fsp3) is 0.368. The molecule has 2 aromatic rings. The summed E-state index contributed by atoms with van der Waals surface area (Å²) in [6.45, 7) is 4.52. The second kappa shape index (κ2) is 7.28. The number of carbonyl (C=O) groups excluding carboxylic acids is 2. The lowest BCUT2D eigenvalue weighted by atomic mass is 10.1. The first kappa shape index (κ1) is 19.3. The third kappa shape index (κ3) is 3.30. The number of ketones is 1. The molecule has 1 aliphatic heterocycles. The molecule has 0 aliphatic carbocycles. The third-order valence-corrected chi connectivity index (χ3v) is 6.59. The Hall–Kier alpha value is -2.45. The number of methoxy groups -OCH3 is 1. The van der Waals surface area contributed by atoms with Gasteiger partial charge in [0.15, 0.2) is 5.78 Å². The number of hydrogen-bond acceptors (Lipinski definition) is 5. The van der Waals surface area contributed by atoms with E-state index in [4.69, 9.17) is 4.74 Å². The van der Waals surface area contributed by atoms with Gasteiger partial charge in [-0.25, -0.2) is 12.7 Å². The van der Waals surface area contributed by atoms with E-state index < -0.39 is 28.3 Å². The number of aryl methyl sites for hydroxylation is 1. The molecule has 0 spiro atoms. The van der Waals surface area contributed by atoms with Gasteiger partial charge >= 0.3 is 0 Å². The fourth-order valence-electron chi connectivity index (χ4n) is 3.40. The molecule has 7 nitrogen and oxygen atoms in total. The molecule has 0 bridgehead atoms. The molecule has 0 radical (unpaired) electrons. The number of benzene rings is 1. The number of amides is 1. The maximum absolute atomic E-state index is 12.8. The summed E-state index contributed by atoms with van der Waals surface area (Å²) >= 11 is 0. The van der Waals surface area contributed by atoms with Crippen molar-refractivity contribution in [3.63, 3.8) is 0 Å². The molecule has 2 heterocycles. The summed E-state index contributed by atoms with van der Waals surface area (Å²) in [7, 11) is -2.36. The lowest BCUT2D eigenvalue weighted by Gasteiger charge is -2.14. The predicted octanol–water partition coefficient (Wildman–Crippen LogP) is 2.17. The van der Waals surface area contributed by atoms with Crippen LogP contribution >= 0.6 is 0 Å². The highest BCUT2D eigenvalue weighted by atomic mass is 32.2. The molecule has 1 aromatic carbocycles. The van der Waals surface area contributed by atoms with Crippen molar-refractivity contribution < 1.29 is 22.7 Å². The minimum Gasteiger partial charge on any atom is -0.385 e. The highest BCUT2D eigenvalue weighted by Crippen LogP contribution is 2.30. The molecular formula is C19H22N2O5S. The molecule has 1 amide bonds. The van der Waals surface area contributed by atoms with Gasteiger partial charge in [-0.2, -0.15) is 0 Å². The Morgan fingerprint density at radius 1 is 1.19 bits per heavy atom. The number of Topliss-reactive ketones (excluding diaryl/α,β-unsaturated/α-hetero) is 1. The Labute approximate surface area is 158 Å². The standard InChI is InChI=1S/C19H22N2O5S/c1-13-11-16(14(2)20(13)9-6-10-26-3)17(22)12-21-19(23)15-7-4-5-8-18(15)27(21,24)25/h4-5,7-8,11H,6,9-10,12H2,1-3H3. The molecule has 27 heavy (non-hydrogen) atoms. The molecular weight excluding hydrogens is 368 g/mol. The lowest BCUT2D eigenvalue weighted by molar-refractivity contribution is 0.0820. The molecule has 0 N–H and O–H groups in total. The van der Waals surface area contributed by atoms with E-state index in [0.29, 0.717) is 23.0 Å². The van der Waals surface area contributed by atoms with E-state index in [1.165, 1.54) is 12.1 Å². The average molecular weight is 390 g/mol. The van der Waals surface area contributed by atoms with Crippen LogP contribution in [0.4, 0.5) is 0 Å². The smallest absolute Gasteiger partial charge is 0.269 e. The van der Waals surface area contributed by atoms with Gasteiger partial charge in [0.2, 0.25) is 0 Å². The second-order valence-electron chi connectivity index (χ2n) is 6.52. The topological polar surface area (TPSA) is 85.7 Å². The van der Waals surface area contributed by atoms with Gasteiger partial charge < -0.3 is 9.30 Å². The number of carbonyl (C=O) groups is 2. The van der Waals surface area contributed by atoms with Crippen molar-refractivity contribution in [1.29, 1.82) is 0 Å². The van der Waals surface area contributed by atoms with Crippen LogP contribution in [0.1, 0.15) is 38.5 Å². The summed E-state index contributed by atoms with van der Waals surface area (Å²) in [6, 6.07) is 7.74. The maximum Gasteiger partial charge on any atom is 0.269 e. The van der Waals surface area contributed by atoms with Crippen LogP contribution in [0.2, 0.25) is 0 Å². The Morgan fingerprint density at radius 3 is 2.56 bits per heavy atom. The van der Waals surface area contributed by atoms with Gasteiger partial charge in [0.05, 0.1) is 5.56 Å². The lowest BCUT2D eigenvalue weighted by Crippen LogP contribution is -2.35. The molecule has 0 unspecified atom stereocenters. The van der Waals surface area contributed by atoms with Crippen molar-refractivity contribution in [3.8, 4) is 0 Å². The first-order valence-electron chi connectivity index (χ1n) is 8.64. The van der Waals surface area contributed by atoms with Crippen LogP contribution in [-0.4, -0.2) is 49.2 Å². The van der Waals surface area contributed by atoms with Gasteiger partial charge in [-0.3, -0.25) is 9.59 Å². The SMILES string of the molecule is COCCCn1c(C)cc(C(=O)CN2C(=O)c3ccccc3S2(=O)=O)c1C. The Kier molecular flexibility index (Phi) is 5.21. The number of sulfonamides is 1. The van der Waals surface area contributed by atoms with Gasteiger partial charge in [0.25, 0.3) is 15.9 Å². The summed E-state index contributed by atoms with van der Waals surface area (Å²) in [5.41, 5.74) is 2.21. The highest BCUT2D eigenvalue weighted by Gasteiger charge is 2.42. The van der Waals surface area contributed by atoms with E-state index in [1.54, 1.807) is 25.3 Å². The zero-order chi connectivity index (χ0) is 19.8. The minimum atomic E-state index is -3.99. The number of aromatic nitrogens is 1. The van der Waals surface area contributed by atoms with E-state index in [-0.39, 0.29) is 10.5 Å². The first-order chi connectivity index (χ1) is 12.8. The summed E-state index contributed by atoms with van der Waals surface area (Å²) < 4.78 is 33.0. The average Bonchev–Trinajstić information content (AvgIpc) is 3.02. The van der Waals surface area contributed by atoms with Crippen LogP contribution < -0.4 is 0 Å². The van der Waals surface area contributed by atoms with E-state index in [1.807, 2.05) is 18.4 Å². The normalized spacial score (nSPS) is 15.2. The van der Waals surface area contributed by atoms with Crippen molar-refractivity contribution in [1.82, 2.24) is 8.87 Å². The van der Waals surface area contributed by atoms with Gasteiger partial charge in [-0.1, -0.05) is 12.1 Å². The van der Waals surface area contributed by atoms with Crippen LogP contribution in [-0.2, 0) is 21.3 Å². The minimum absolute atomic E-state index is 0.0483. The van der Waals surface area contributed by atoms with Crippen LogP contribution in [0.15, 0.2) is 35.2 Å². The van der Waals surface area contributed by atoms with Gasteiger partial charge in [0.1, 0.15) is 11.4 Å². The van der Waals surface area contributed by atoms with Crippen molar-refractivity contribution in [3.05, 3.63) is 52.8 Å². The largest absolute Gasteiger partial charge is 0.385 e. The quantitative estimate of drug-likeness (QED) is 0.534. The third-order valence-electron chi connectivity index (χ3n) is 4.80. The number of fused-ring (bicyclic) bond motifs is 1. The van der Waals surface area contributed by atoms with E-state index in [9.17, 15) is 18.0 Å². The van der Waals surface area contributed by atoms with Crippen LogP contribution in [0.5, 0.6) is 0 Å². The zero-order valence-corrected chi connectivity index (χ0v) is 16.4. The molecule has 0 saturated heterocycles. The molecule has 8 heteroatoms. The van der Waals surface area contributed by atoms with Crippen molar-refractivity contribution in [2.45, 2.75) is 31.7 Å². The Bertz CT molecular complexity index is 1010. The molecule has 144 valence electrons. The summed E-state index contributed by atoms with van der Waals surface area (Å²) in [5.74, 6) is -1.06. The predicted molar refractivity (Wildman–Crippen MR) is 99.4 cm³/mol. The second-order valence-corrected chi connectivity index (χ2v) is 8.35. The first-order valence-corrected chi connectivity index (χ1v) is 10.1. The van der Waals surface area contributed by atoms with E-state index in [0.717, 1.165) is 17.8 Å². The zero-order valence-electron chi connectivity index (χ0n) is 15.6. The molecule has 0 saturated carbocycles. The molecule has 0 atom stereocenters. The summed E-state index contributed by atoms with van der Waals surface area (Å²) in [4.78, 5) is 25.2. The van der Waals surface area contributed by atoms with Gasteiger partial charge in [-0.15, -0.1) is 0 Å². The van der Waals surface area contributed by atoms with Crippen molar-refractivity contribution in [2.75, 3.05) is 20.3 Å². The van der Waals surface area contributed by atoms with Crippen LogP contribution in [0.3, 0.4) is 0 Å². The number of hydrogen-bond donors (Lipinski definition) is 0. The number of nitrogens with zero attached hydrogens (tertiary/aromatic N) is 2. The number of rotatable bonds is 7. The molecule has 1 aliphatic rings. The van der Waals surface area contributed by atoms with Crippen molar-refractivity contribution >= 4 is 21.7 Å². The fourth-order valence-corrected chi connectivity index (χ4v) is 4.92. The van der Waals surface area contributed by atoms with Crippen LogP contribution in [0, 0.1) is 13.8 Å². The summed E-state index contributed by atoms with van der Waals surface area (Å²) in [5, 5.41) is 0. The van der Waals surface area contributed by atoms with Gasteiger partial charge in [-0.05, 0) is 38.5 Å². The van der Waals surface area contributed by atoms with Crippen molar-refractivity contribution in [2.24, 2.45) is 0 Å². The van der Waals surface area contributed by atoms with Crippen LogP contribution in [0.25, 0.3) is 0 Å². The Balaban J connectivity index is 1.85.